The molecule has 190 valence electrons. The fraction of sp³-hybridized carbons (Fsp3) is 0.481. The van der Waals surface area contributed by atoms with Crippen molar-refractivity contribution in [3.8, 4) is 23.0 Å². The molecule has 3 atom stereocenters. The summed E-state index contributed by atoms with van der Waals surface area (Å²) in [6.45, 7) is 5.80. The molecule has 1 saturated heterocycles. The van der Waals surface area contributed by atoms with Crippen molar-refractivity contribution >= 4 is 11.8 Å². The number of rotatable bonds is 12. The number of benzene rings is 2. The standard InChI is InChI=1S/C27H35NO7/c1-16(2)26(17(3)29)28-35-23-10-8-19(14-25(23)33-6)12-21-20(15-34-27(21)30)11-18-7-9-22(31-4)24(13-18)32-5/h7-10,13-14,16,20-21,26,28H,11-12,15H2,1-6H3/t20-,21+,26-/m0/s1. The molecule has 0 saturated carbocycles. The highest BCUT2D eigenvalue weighted by molar-refractivity contribution is 5.81. The predicted molar refractivity (Wildman–Crippen MR) is 131 cm³/mol. The van der Waals surface area contributed by atoms with E-state index in [0.29, 0.717) is 42.4 Å². The average Bonchev–Trinajstić information content (AvgIpc) is 3.17. The molecule has 1 heterocycles. The molecule has 0 radical (unpaired) electrons. The molecule has 8 heteroatoms. The fourth-order valence-electron chi connectivity index (χ4n) is 4.36. The van der Waals surface area contributed by atoms with Gasteiger partial charge in [-0.15, -0.1) is 5.48 Å². The highest BCUT2D eigenvalue weighted by Gasteiger charge is 2.37. The largest absolute Gasteiger partial charge is 0.493 e. The summed E-state index contributed by atoms with van der Waals surface area (Å²) < 4.78 is 21.7. The third kappa shape index (κ3) is 6.45. The van der Waals surface area contributed by atoms with Gasteiger partial charge in [0.2, 0.25) is 0 Å². The zero-order valence-electron chi connectivity index (χ0n) is 21.3. The first-order valence-electron chi connectivity index (χ1n) is 11.7. The van der Waals surface area contributed by atoms with Gasteiger partial charge >= 0.3 is 5.97 Å². The molecule has 3 rings (SSSR count). The van der Waals surface area contributed by atoms with Crippen LogP contribution in [0.3, 0.4) is 0 Å². The Bertz CT molecular complexity index is 1040. The molecule has 0 aromatic heterocycles. The minimum absolute atomic E-state index is 0.00384. The number of esters is 1. The Hall–Kier alpha value is -3.26. The number of Topliss-reactive ketones (excluding diaryl/α,β-unsaturated/α-hetero) is 1. The van der Waals surface area contributed by atoms with Gasteiger partial charge in [-0.05, 0) is 61.1 Å². The number of hydroxylamine groups is 1. The Labute approximate surface area is 206 Å². The van der Waals surface area contributed by atoms with Crippen LogP contribution in [0.2, 0.25) is 0 Å². The van der Waals surface area contributed by atoms with E-state index in [4.69, 9.17) is 23.8 Å². The summed E-state index contributed by atoms with van der Waals surface area (Å²) in [5.41, 5.74) is 4.82. The van der Waals surface area contributed by atoms with Crippen molar-refractivity contribution in [3.05, 3.63) is 47.5 Å². The quantitative estimate of drug-likeness (QED) is 0.359. The molecule has 2 aromatic carbocycles. The van der Waals surface area contributed by atoms with Crippen LogP contribution < -0.4 is 24.5 Å². The fourth-order valence-corrected chi connectivity index (χ4v) is 4.36. The van der Waals surface area contributed by atoms with Crippen LogP contribution in [0.25, 0.3) is 0 Å². The minimum Gasteiger partial charge on any atom is -0.493 e. The van der Waals surface area contributed by atoms with E-state index in [9.17, 15) is 9.59 Å². The van der Waals surface area contributed by atoms with E-state index in [1.807, 2.05) is 44.2 Å². The van der Waals surface area contributed by atoms with Crippen LogP contribution in [0.4, 0.5) is 0 Å². The molecule has 0 spiro atoms. The van der Waals surface area contributed by atoms with Gasteiger partial charge in [0.25, 0.3) is 0 Å². The summed E-state index contributed by atoms with van der Waals surface area (Å²) in [5, 5.41) is 0. The Morgan fingerprint density at radius 1 is 0.943 bits per heavy atom. The molecule has 0 amide bonds. The number of carbonyl (C=O) groups is 2. The smallest absolute Gasteiger partial charge is 0.309 e. The molecule has 35 heavy (non-hydrogen) atoms. The molecule has 0 unspecified atom stereocenters. The number of cyclic esters (lactones) is 1. The lowest BCUT2D eigenvalue weighted by Crippen LogP contribution is -2.41. The number of nitrogens with one attached hydrogen (secondary N) is 1. The van der Waals surface area contributed by atoms with Gasteiger partial charge in [0.1, 0.15) is 11.8 Å². The molecule has 0 bridgehead atoms. The van der Waals surface area contributed by atoms with Gasteiger partial charge in [-0.1, -0.05) is 26.0 Å². The first-order chi connectivity index (χ1) is 16.8. The van der Waals surface area contributed by atoms with Crippen molar-refractivity contribution < 1.29 is 33.4 Å². The van der Waals surface area contributed by atoms with Crippen LogP contribution in [-0.4, -0.2) is 45.7 Å². The van der Waals surface area contributed by atoms with Crippen LogP contribution >= 0.6 is 0 Å². The van der Waals surface area contributed by atoms with Crippen molar-refractivity contribution in [2.24, 2.45) is 17.8 Å². The van der Waals surface area contributed by atoms with Crippen LogP contribution in [0, 0.1) is 17.8 Å². The second kappa shape index (κ2) is 11.9. The molecule has 1 N–H and O–H groups in total. The van der Waals surface area contributed by atoms with Crippen molar-refractivity contribution in [1.29, 1.82) is 0 Å². The molecular weight excluding hydrogens is 450 g/mol. The number of ether oxygens (including phenoxy) is 4. The second-order valence-corrected chi connectivity index (χ2v) is 9.13. The van der Waals surface area contributed by atoms with Crippen LogP contribution in [0.15, 0.2) is 36.4 Å². The number of hydrogen-bond donors (Lipinski definition) is 1. The molecular formula is C27H35NO7. The summed E-state index contributed by atoms with van der Waals surface area (Å²) in [7, 11) is 4.76. The van der Waals surface area contributed by atoms with E-state index >= 15 is 0 Å². The summed E-state index contributed by atoms with van der Waals surface area (Å²) in [4.78, 5) is 30.1. The molecule has 2 aromatic rings. The second-order valence-electron chi connectivity index (χ2n) is 9.13. The molecule has 1 aliphatic rings. The maximum atomic E-state index is 12.6. The minimum atomic E-state index is -0.426. The monoisotopic (exact) mass is 485 g/mol. The van der Waals surface area contributed by atoms with E-state index in [-0.39, 0.29) is 29.5 Å². The van der Waals surface area contributed by atoms with Gasteiger partial charge < -0.3 is 23.8 Å². The Kier molecular flexibility index (Phi) is 8.98. The highest BCUT2D eigenvalue weighted by Crippen LogP contribution is 2.35. The third-order valence-corrected chi connectivity index (χ3v) is 6.34. The summed E-state index contributed by atoms with van der Waals surface area (Å²) in [5.74, 6) is 1.95. The van der Waals surface area contributed by atoms with Crippen LogP contribution in [-0.2, 0) is 27.2 Å². The van der Waals surface area contributed by atoms with E-state index in [0.717, 1.165) is 11.1 Å². The first-order valence-corrected chi connectivity index (χ1v) is 11.7. The molecule has 0 aliphatic carbocycles. The SMILES string of the molecule is COc1ccc(C[C@H]2COC(=O)[C@@H]2Cc2ccc(ON[C@H](C(C)=O)C(C)C)c(OC)c2)cc1OC. The maximum Gasteiger partial charge on any atom is 0.309 e. The van der Waals surface area contributed by atoms with Crippen molar-refractivity contribution in [2.75, 3.05) is 27.9 Å². The Morgan fingerprint density at radius 2 is 1.51 bits per heavy atom. The van der Waals surface area contributed by atoms with E-state index < -0.39 is 6.04 Å². The van der Waals surface area contributed by atoms with Gasteiger partial charge in [-0.2, -0.15) is 0 Å². The number of methoxy groups -OCH3 is 3. The summed E-state index contributed by atoms with van der Waals surface area (Å²) in [6, 6.07) is 10.9. The van der Waals surface area contributed by atoms with Crippen LogP contribution in [0.5, 0.6) is 23.0 Å². The van der Waals surface area contributed by atoms with Crippen molar-refractivity contribution in [3.63, 3.8) is 0 Å². The van der Waals surface area contributed by atoms with Crippen LogP contribution in [0.1, 0.15) is 31.9 Å². The average molecular weight is 486 g/mol. The highest BCUT2D eigenvalue weighted by atomic mass is 16.7. The lowest BCUT2D eigenvalue weighted by atomic mass is 9.85. The van der Waals surface area contributed by atoms with E-state index in [1.54, 1.807) is 27.4 Å². The van der Waals surface area contributed by atoms with Gasteiger partial charge in [-0.3, -0.25) is 9.59 Å². The molecule has 1 aliphatic heterocycles. The van der Waals surface area contributed by atoms with E-state index in [1.165, 1.54) is 6.92 Å². The van der Waals surface area contributed by atoms with Crippen molar-refractivity contribution in [1.82, 2.24) is 5.48 Å². The predicted octanol–water partition coefficient (Wildman–Crippen LogP) is 3.78. The van der Waals surface area contributed by atoms with Gasteiger partial charge in [0, 0.05) is 5.92 Å². The normalized spacial score (nSPS) is 18.2. The van der Waals surface area contributed by atoms with Crippen molar-refractivity contribution in [2.45, 2.75) is 39.7 Å². The maximum absolute atomic E-state index is 12.6. The third-order valence-electron chi connectivity index (χ3n) is 6.34. The zero-order valence-corrected chi connectivity index (χ0v) is 21.3. The first kappa shape index (κ1) is 26.3. The number of hydrogen-bond acceptors (Lipinski definition) is 8. The van der Waals surface area contributed by atoms with Gasteiger partial charge in [0.15, 0.2) is 23.0 Å². The Morgan fingerprint density at radius 3 is 2.09 bits per heavy atom. The van der Waals surface area contributed by atoms with E-state index in [2.05, 4.69) is 5.48 Å². The Balaban J connectivity index is 1.72. The number of carbonyl (C=O) groups excluding carboxylic acids is 2. The molecule has 8 nitrogen and oxygen atoms in total. The summed E-state index contributed by atoms with van der Waals surface area (Å²) >= 11 is 0. The lowest BCUT2D eigenvalue weighted by molar-refractivity contribution is -0.141. The topological polar surface area (TPSA) is 92.3 Å². The van der Waals surface area contributed by atoms with Gasteiger partial charge in [-0.25, -0.2) is 0 Å². The molecule has 1 fully saturated rings. The van der Waals surface area contributed by atoms with Gasteiger partial charge in [0.05, 0.1) is 33.9 Å². The lowest BCUT2D eigenvalue weighted by Gasteiger charge is -2.21. The number of ketones is 1. The summed E-state index contributed by atoms with van der Waals surface area (Å²) in [6.07, 6.45) is 1.20. The zero-order chi connectivity index (χ0) is 25.5.